The van der Waals surface area contributed by atoms with Gasteiger partial charge in [0, 0.05) is 36.8 Å². The normalized spacial score (nSPS) is 14.4. The molecule has 2 radical (unpaired) electrons. The number of ether oxygens (including phenoxy) is 2. The number of anilines is 4. The van der Waals surface area contributed by atoms with Crippen LogP contribution in [-0.4, -0.2) is 62.1 Å². The number of likely N-dealkylation sites (tertiary alicyclic amines) is 1. The average molecular weight is 533 g/mol. The van der Waals surface area contributed by atoms with Gasteiger partial charge in [-0.2, -0.15) is 4.98 Å². The van der Waals surface area contributed by atoms with Gasteiger partial charge in [0.2, 0.25) is 5.95 Å². The van der Waals surface area contributed by atoms with Crippen LogP contribution in [0.3, 0.4) is 0 Å². The summed E-state index contributed by atoms with van der Waals surface area (Å²) in [7, 11) is 8.38. The smallest absolute Gasteiger partial charge is 0.229 e. The number of hydrogen-bond acceptors (Lipinski definition) is 9. The van der Waals surface area contributed by atoms with Crippen molar-refractivity contribution in [1.29, 1.82) is 0 Å². The summed E-state index contributed by atoms with van der Waals surface area (Å²) in [6.45, 7) is 9.85. The predicted octanol–water partition coefficient (Wildman–Crippen LogP) is 4.88. The van der Waals surface area contributed by atoms with E-state index >= 15 is 0 Å². The van der Waals surface area contributed by atoms with E-state index in [4.69, 9.17) is 17.3 Å². The Kier molecular flexibility index (Phi) is 10.1. The molecule has 2 heterocycles. The third-order valence-electron chi connectivity index (χ3n) is 6.10. The standard InChI is InChI=1S/C28H37BN6O2S/c1-5-36-25-16-21(37-20-12-14-35(4)15-13-20)10-11-23(25)33-28-30-18-22(29)27(34-28)32-24-8-6-7-9-26(24)38-31-17-19(2)3/h6-11,16,18-20,31H,5,12-15,17H2,1-4H3,(H2,30,32,33,34). The van der Waals surface area contributed by atoms with Gasteiger partial charge in [0.25, 0.3) is 0 Å². The van der Waals surface area contributed by atoms with Crippen molar-refractivity contribution in [2.45, 2.75) is 44.6 Å². The Labute approximate surface area is 231 Å². The maximum atomic E-state index is 6.25. The number of nitrogens with zero attached hydrogens (tertiary/aromatic N) is 3. The maximum Gasteiger partial charge on any atom is 0.229 e. The third kappa shape index (κ3) is 8.03. The van der Waals surface area contributed by atoms with Crippen molar-refractivity contribution in [3.63, 3.8) is 0 Å². The molecular weight excluding hydrogens is 495 g/mol. The summed E-state index contributed by atoms with van der Waals surface area (Å²) in [4.78, 5) is 12.4. The predicted molar refractivity (Wildman–Crippen MR) is 158 cm³/mol. The van der Waals surface area contributed by atoms with E-state index in [0.717, 1.165) is 54.5 Å². The van der Waals surface area contributed by atoms with Crippen molar-refractivity contribution in [3.8, 4) is 11.5 Å². The van der Waals surface area contributed by atoms with Crippen LogP contribution in [0.5, 0.6) is 11.5 Å². The van der Waals surface area contributed by atoms with E-state index in [9.17, 15) is 0 Å². The van der Waals surface area contributed by atoms with E-state index in [1.165, 1.54) is 0 Å². The van der Waals surface area contributed by atoms with Crippen molar-refractivity contribution in [1.82, 2.24) is 19.6 Å². The largest absolute Gasteiger partial charge is 0.492 e. The molecule has 0 saturated carbocycles. The quantitative estimate of drug-likeness (QED) is 0.223. The zero-order valence-electron chi connectivity index (χ0n) is 22.7. The monoisotopic (exact) mass is 532 g/mol. The molecule has 1 fully saturated rings. The lowest BCUT2D eigenvalue weighted by Gasteiger charge is -2.29. The van der Waals surface area contributed by atoms with E-state index in [1.54, 1.807) is 18.1 Å². The van der Waals surface area contributed by atoms with Crippen LogP contribution >= 0.6 is 11.9 Å². The Morgan fingerprint density at radius 1 is 1.11 bits per heavy atom. The first-order chi connectivity index (χ1) is 18.4. The maximum absolute atomic E-state index is 6.25. The highest BCUT2D eigenvalue weighted by atomic mass is 32.2. The van der Waals surface area contributed by atoms with Crippen molar-refractivity contribution in [2.24, 2.45) is 5.92 Å². The second kappa shape index (κ2) is 13.7. The number of hydrogen-bond donors (Lipinski definition) is 3. The second-order valence-electron chi connectivity index (χ2n) is 9.80. The Hall–Kier alpha value is -2.95. The van der Waals surface area contributed by atoms with E-state index in [2.05, 4.69) is 57.2 Å². The zero-order chi connectivity index (χ0) is 26.9. The van der Waals surface area contributed by atoms with Crippen LogP contribution in [0.15, 0.2) is 53.6 Å². The fourth-order valence-electron chi connectivity index (χ4n) is 3.99. The minimum atomic E-state index is 0.218. The van der Waals surface area contributed by atoms with Crippen LogP contribution in [-0.2, 0) is 0 Å². The molecular formula is C28H37BN6O2S. The van der Waals surface area contributed by atoms with Gasteiger partial charge in [0.15, 0.2) is 0 Å². The summed E-state index contributed by atoms with van der Waals surface area (Å²) in [5.74, 6) is 2.99. The molecule has 200 valence electrons. The van der Waals surface area contributed by atoms with Crippen LogP contribution in [0.1, 0.15) is 33.6 Å². The Bertz CT molecular complexity index is 1190. The second-order valence-corrected chi connectivity index (χ2v) is 10.7. The van der Waals surface area contributed by atoms with Crippen LogP contribution in [0.4, 0.5) is 23.1 Å². The fourth-order valence-corrected chi connectivity index (χ4v) is 4.94. The van der Waals surface area contributed by atoms with Crippen LogP contribution in [0.25, 0.3) is 0 Å². The van der Waals surface area contributed by atoms with Crippen molar-refractivity contribution < 1.29 is 9.47 Å². The molecule has 1 aliphatic heterocycles. The van der Waals surface area contributed by atoms with Gasteiger partial charge < -0.3 is 25.0 Å². The SMILES string of the molecule is [B]c1cnc(Nc2ccc(OC3CCN(C)CC3)cc2OCC)nc1Nc1ccccc1SNCC(C)C. The molecule has 0 bridgehead atoms. The first-order valence-corrected chi connectivity index (χ1v) is 14.0. The summed E-state index contributed by atoms with van der Waals surface area (Å²) in [6.07, 6.45) is 3.85. The highest BCUT2D eigenvalue weighted by Crippen LogP contribution is 2.33. The molecule has 3 N–H and O–H groups in total. The molecule has 10 heteroatoms. The lowest BCUT2D eigenvalue weighted by molar-refractivity contribution is 0.114. The summed E-state index contributed by atoms with van der Waals surface area (Å²) in [5.41, 5.74) is 2.13. The molecule has 2 aromatic carbocycles. The van der Waals surface area contributed by atoms with E-state index in [1.807, 2.05) is 43.3 Å². The van der Waals surface area contributed by atoms with Gasteiger partial charge in [-0.15, -0.1) is 0 Å². The number of rotatable bonds is 12. The topological polar surface area (TPSA) is 83.6 Å². The highest BCUT2D eigenvalue weighted by molar-refractivity contribution is 7.97. The average Bonchev–Trinajstić information content (AvgIpc) is 2.90. The van der Waals surface area contributed by atoms with Crippen LogP contribution in [0.2, 0.25) is 0 Å². The molecule has 0 aliphatic carbocycles. The number of benzene rings is 2. The van der Waals surface area contributed by atoms with E-state index < -0.39 is 0 Å². The summed E-state index contributed by atoms with van der Waals surface area (Å²) < 4.78 is 15.6. The molecule has 1 aromatic heterocycles. The highest BCUT2D eigenvalue weighted by Gasteiger charge is 2.19. The van der Waals surface area contributed by atoms with Crippen molar-refractivity contribution in [3.05, 3.63) is 48.7 Å². The molecule has 4 rings (SSSR count). The van der Waals surface area contributed by atoms with Gasteiger partial charge in [-0.25, -0.2) is 4.98 Å². The lowest BCUT2D eigenvalue weighted by atomic mass is 9.99. The Balaban J connectivity index is 1.48. The van der Waals surface area contributed by atoms with Gasteiger partial charge in [-0.1, -0.05) is 26.0 Å². The zero-order valence-corrected chi connectivity index (χ0v) is 23.5. The molecule has 1 saturated heterocycles. The first-order valence-electron chi connectivity index (χ1n) is 13.2. The van der Waals surface area contributed by atoms with Crippen LogP contribution in [0, 0.1) is 5.92 Å². The molecule has 38 heavy (non-hydrogen) atoms. The fraction of sp³-hybridized carbons (Fsp3) is 0.429. The Morgan fingerprint density at radius 2 is 1.89 bits per heavy atom. The Morgan fingerprint density at radius 3 is 2.66 bits per heavy atom. The summed E-state index contributed by atoms with van der Waals surface area (Å²) in [5, 5.41) is 6.66. The van der Waals surface area contributed by atoms with Gasteiger partial charge in [-0.3, -0.25) is 4.72 Å². The number of piperidine rings is 1. The van der Waals surface area contributed by atoms with Gasteiger partial charge in [0.1, 0.15) is 31.3 Å². The molecule has 1 aliphatic rings. The number of nitrogens with one attached hydrogen (secondary N) is 3. The molecule has 0 atom stereocenters. The number of aromatic nitrogens is 2. The molecule has 0 unspecified atom stereocenters. The molecule has 3 aromatic rings. The molecule has 8 nitrogen and oxygen atoms in total. The van der Waals surface area contributed by atoms with Gasteiger partial charge in [-0.05, 0) is 74.4 Å². The van der Waals surface area contributed by atoms with Crippen LogP contribution < -0.4 is 30.3 Å². The summed E-state index contributed by atoms with van der Waals surface area (Å²) in [6, 6.07) is 13.9. The van der Waals surface area contributed by atoms with Gasteiger partial charge in [0.05, 0.1) is 18.0 Å². The summed E-state index contributed by atoms with van der Waals surface area (Å²) >= 11 is 1.59. The van der Waals surface area contributed by atoms with E-state index in [-0.39, 0.29) is 6.10 Å². The minimum Gasteiger partial charge on any atom is -0.492 e. The lowest BCUT2D eigenvalue weighted by Crippen LogP contribution is -2.35. The van der Waals surface area contributed by atoms with Crippen molar-refractivity contribution >= 4 is 48.4 Å². The van der Waals surface area contributed by atoms with E-state index in [0.29, 0.717) is 35.5 Å². The number of para-hydroxylation sites is 1. The first kappa shape index (κ1) is 28.1. The van der Waals surface area contributed by atoms with Gasteiger partial charge >= 0.3 is 0 Å². The molecule has 0 spiro atoms. The minimum absolute atomic E-state index is 0.218. The van der Waals surface area contributed by atoms with Crippen molar-refractivity contribution in [2.75, 3.05) is 43.9 Å². The third-order valence-corrected chi connectivity index (χ3v) is 6.99. The molecule has 0 amide bonds.